The van der Waals surface area contributed by atoms with E-state index in [1.54, 1.807) is 7.11 Å². The molecule has 0 aromatic rings. The van der Waals surface area contributed by atoms with Gasteiger partial charge in [0.15, 0.2) is 0 Å². The van der Waals surface area contributed by atoms with Crippen molar-refractivity contribution in [3.8, 4) is 0 Å². The Hall–Kier alpha value is -0.850. The van der Waals surface area contributed by atoms with Crippen LogP contribution in [-0.4, -0.2) is 92.8 Å². The number of rotatable bonds is 4. The molecule has 0 bridgehead atoms. The van der Waals surface area contributed by atoms with Crippen molar-refractivity contribution in [1.82, 2.24) is 20.0 Å². The van der Waals surface area contributed by atoms with Crippen molar-refractivity contribution < 1.29 is 9.53 Å². The number of urea groups is 1. The van der Waals surface area contributed by atoms with Gasteiger partial charge in [-0.2, -0.15) is 0 Å². The maximum atomic E-state index is 12.4. The fourth-order valence-electron chi connectivity index (χ4n) is 4.27. The SMILES string of the molecule is CO[C@H]1CC[C@H](NC(=O)N2CCC(CN3CCN(C)CC3)CC2)C1. The molecule has 3 aliphatic rings. The fourth-order valence-corrected chi connectivity index (χ4v) is 4.27. The largest absolute Gasteiger partial charge is 0.381 e. The van der Waals surface area contributed by atoms with E-state index in [0.29, 0.717) is 12.1 Å². The van der Waals surface area contributed by atoms with E-state index in [0.717, 1.165) is 51.1 Å². The Morgan fingerprint density at radius 2 is 1.75 bits per heavy atom. The van der Waals surface area contributed by atoms with Crippen LogP contribution in [-0.2, 0) is 4.74 Å². The van der Waals surface area contributed by atoms with Crippen molar-refractivity contribution in [3.05, 3.63) is 0 Å². The smallest absolute Gasteiger partial charge is 0.317 e. The van der Waals surface area contributed by atoms with Crippen molar-refractivity contribution in [1.29, 1.82) is 0 Å². The van der Waals surface area contributed by atoms with Gasteiger partial charge in [0.05, 0.1) is 6.10 Å². The van der Waals surface area contributed by atoms with Gasteiger partial charge in [0.2, 0.25) is 0 Å². The highest BCUT2D eigenvalue weighted by Crippen LogP contribution is 2.23. The molecule has 2 atom stereocenters. The number of likely N-dealkylation sites (tertiary alicyclic amines) is 1. The van der Waals surface area contributed by atoms with Crippen LogP contribution in [0.15, 0.2) is 0 Å². The molecule has 0 spiro atoms. The molecule has 24 heavy (non-hydrogen) atoms. The van der Waals surface area contributed by atoms with Gasteiger partial charge in [0, 0.05) is 59.0 Å². The summed E-state index contributed by atoms with van der Waals surface area (Å²) >= 11 is 0. The molecule has 138 valence electrons. The molecule has 6 nitrogen and oxygen atoms in total. The number of amides is 2. The first kappa shape index (κ1) is 18.0. The second-order valence-electron chi connectivity index (χ2n) is 7.85. The van der Waals surface area contributed by atoms with Crippen LogP contribution in [0.2, 0.25) is 0 Å². The number of hydrogen-bond acceptors (Lipinski definition) is 4. The summed E-state index contributed by atoms with van der Waals surface area (Å²) in [6.45, 7) is 7.78. The third kappa shape index (κ3) is 4.83. The van der Waals surface area contributed by atoms with Crippen LogP contribution < -0.4 is 5.32 Å². The van der Waals surface area contributed by atoms with Crippen LogP contribution in [0.25, 0.3) is 0 Å². The van der Waals surface area contributed by atoms with Crippen LogP contribution in [0.4, 0.5) is 4.79 Å². The number of methoxy groups -OCH3 is 1. The summed E-state index contributed by atoms with van der Waals surface area (Å²) in [5.41, 5.74) is 0. The topological polar surface area (TPSA) is 48.1 Å². The van der Waals surface area contributed by atoms with E-state index in [2.05, 4.69) is 22.2 Å². The maximum absolute atomic E-state index is 12.4. The minimum atomic E-state index is 0.134. The number of carbonyl (C=O) groups excluding carboxylic acids is 1. The number of carbonyl (C=O) groups is 1. The summed E-state index contributed by atoms with van der Waals surface area (Å²) in [4.78, 5) is 19.5. The Kier molecular flexibility index (Phi) is 6.36. The Bertz CT molecular complexity index is 404. The minimum Gasteiger partial charge on any atom is -0.381 e. The van der Waals surface area contributed by atoms with Gasteiger partial charge in [0.1, 0.15) is 0 Å². The number of likely N-dealkylation sites (N-methyl/N-ethyl adjacent to an activating group) is 1. The number of nitrogens with zero attached hydrogens (tertiary/aromatic N) is 3. The summed E-state index contributed by atoms with van der Waals surface area (Å²) in [5, 5.41) is 3.21. The van der Waals surface area contributed by atoms with Gasteiger partial charge in [-0.3, -0.25) is 0 Å². The zero-order chi connectivity index (χ0) is 16.9. The normalized spacial score (nSPS) is 30.7. The molecule has 2 heterocycles. The average Bonchev–Trinajstić information content (AvgIpc) is 3.05. The van der Waals surface area contributed by atoms with E-state index in [9.17, 15) is 4.79 Å². The monoisotopic (exact) mass is 338 g/mol. The molecule has 2 amide bonds. The van der Waals surface area contributed by atoms with Crippen LogP contribution in [0.1, 0.15) is 32.1 Å². The van der Waals surface area contributed by atoms with E-state index < -0.39 is 0 Å². The molecule has 0 aromatic carbocycles. The third-order valence-electron chi connectivity index (χ3n) is 6.06. The summed E-state index contributed by atoms with van der Waals surface area (Å²) in [5.74, 6) is 0.752. The lowest BCUT2D eigenvalue weighted by Crippen LogP contribution is -2.50. The van der Waals surface area contributed by atoms with Gasteiger partial charge >= 0.3 is 6.03 Å². The van der Waals surface area contributed by atoms with Crippen molar-refractivity contribution in [2.24, 2.45) is 5.92 Å². The van der Waals surface area contributed by atoms with Gasteiger partial charge in [-0.1, -0.05) is 0 Å². The quantitative estimate of drug-likeness (QED) is 0.837. The lowest BCUT2D eigenvalue weighted by atomic mass is 9.96. The third-order valence-corrected chi connectivity index (χ3v) is 6.06. The summed E-state index contributed by atoms with van der Waals surface area (Å²) < 4.78 is 5.39. The van der Waals surface area contributed by atoms with Crippen LogP contribution in [0.5, 0.6) is 0 Å². The van der Waals surface area contributed by atoms with Gasteiger partial charge < -0.3 is 24.8 Å². The summed E-state index contributed by atoms with van der Waals surface area (Å²) in [7, 11) is 3.97. The van der Waals surface area contributed by atoms with Gasteiger partial charge in [-0.25, -0.2) is 4.79 Å². The average molecular weight is 338 g/mol. The van der Waals surface area contributed by atoms with Crippen molar-refractivity contribution in [2.45, 2.75) is 44.2 Å². The predicted octanol–water partition coefficient (Wildman–Crippen LogP) is 1.22. The Labute approximate surface area is 146 Å². The number of ether oxygens (including phenoxy) is 1. The number of hydrogen-bond donors (Lipinski definition) is 1. The molecule has 0 aromatic heterocycles. The number of piperazine rings is 1. The molecule has 2 saturated heterocycles. The van der Waals surface area contributed by atoms with Gasteiger partial charge in [-0.15, -0.1) is 0 Å². The van der Waals surface area contributed by atoms with E-state index >= 15 is 0 Å². The first-order chi connectivity index (χ1) is 11.6. The highest BCUT2D eigenvalue weighted by Gasteiger charge is 2.29. The van der Waals surface area contributed by atoms with Crippen molar-refractivity contribution in [2.75, 3.05) is 60.0 Å². The molecular weight excluding hydrogens is 304 g/mol. The zero-order valence-electron chi connectivity index (χ0n) is 15.4. The van der Waals surface area contributed by atoms with Crippen molar-refractivity contribution >= 4 is 6.03 Å². The Morgan fingerprint density at radius 1 is 1.04 bits per heavy atom. The second kappa shape index (κ2) is 8.50. The van der Waals surface area contributed by atoms with Gasteiger partial charge in [0.25, 0.3) is 0 Å². The summed E-state index contributed by atoms with van der Waals surface area (Å²) in [6, 6.07) is 0.431. The number of piperidine rings is 1. The molecule has 3 rings (SSSR count). The minimum absolute atomic E-state index is 0.134. The molecule has 1 saturated carbocycles. The lowest BCUT2D eigenvalue weighted by Gasteiger charge is -2.38. The second-order valence-corrected chi connectivity index (χ2v) is 7.85. The van der Waals surface area contributed by atoms with Crippen LogP contribution in [0, 0.1) is 5.92 Å². The van der Waals surface area contributed by atoms with Crippen LogP contribution >= 0.6 is 0 Å². The molecule has 1 aliphatic carbocycles. The maximum Gasteiger partial charge on any atom is 0.317 e. The fraction of sp³-hybridized carbons (Fsp3) is 0.944. The van der Waals surface area contributed by atoms with E-state index in [1.807, 2.05) is 4.90 Å². The standard InChI is InChI=1S/C18H34N4O2/c1-20-9-11-21(12-10-20)14-15-5-7-22(8-6-15)18(23)19-16-3-4-17(13-16)24-2/h15-17H,3-14H2,1-2H3,(H,19,23)/t16-,17-/m0/s1. The molecular formula is C18H34N4O2. The summed E-state index contributed by atoms with van der Waals surface area (Å²) in [6.07, 6.45) is 5.68. The van der Waals surface area contributed by atoms with E-state index in [4.69, 9.17) is 4.74 Å². The molecule has 6 heteroatoms. The van der Waals surface area contributed by atoms with Crippen LogP contribution in [0.3, 0.4) is 0 Å². The highest BCUT2D eigenvalue weighted by atomic mass is 16.5. The van der Waals surface area contributed by atoms with Gasteiger partial charge in [-0.05, 0) is 45.1 Å². The molecule has 0 unspecified atom stereocenters. The molecule has 2 aliphatic heterocycles. The first-order valence-electron chi connectivity index (χ1n) is 9.63. The van der Waals surface area contributed by atoms with E-state index in [1.165, 1.54) is 32.7 Å². The first-order valence-corrected chi connectivity index (χ1v) is 9.63. The van der Waals surface area contributed by atoms with E-state index in [-0.39, 0.29) is 6.03 Å². The molecule has 1 N–H and O–H groups in total. The predicted molar refractivity (Wildman–Crippen MR) is 95.2 cm³/mol. The molecule has 3 fully saturated rings. The highest BCUT2D eigenvalue weighted by molar-refractivity contribution is 5.74. The Morgan fingerprint density at radius 3 is 2.38 bits per heavy atom. The van der Waals surface area contributed by atoms with Crippen molar-refractivity contribution in [3.63, 3.8) is 0 Å². The lowest BCUT2D eigenvalue weighted by molar-refractivity contribution is 0.104. The Balaban J connectivity index is 1.35. The molecule has 0 radical (unpaired) electrons. The zero-order valence-corrected chi connectivity index (χ0v) is 15.4. The number of nitrogens with one attached hydrogen (secondary N) is 1.